The Labute approximate surface area is 123 Å². The van der Waals surface area contributed by atoms with Gasteiger partial charge in [-0.05, 0) is 36.8 Å². The van der Waals surface area contributed by atoms with Crippen LogP contribution in [-0.4, -0.2) is 11.7 Å². The number of anilines is 1. The summed E-state index contributed by atoms with van der Waals surface area (Å²) >= 11 is 1.52. The van der Waals surface area contributed by atoms with Crippen molar-refractivity contribution in [1.82, 2.24) is 0 Å². The fourth-order valence-electron chi connectivity index (χ4n) is 1.70. The first-order chi connectivity index (χ1) is 9.67. The van der Waals surface area contributed by atoms with Crippen molar-refractivity contribution in [3.8, 4) is 0 Å². The number of rotatable bonds is 5. The van der Waals surface area contributed by atoms with Gasteiger partial charge in [0.05, 0.1) is 5.75 Å². The van der Waals surface area contributed by atoms with E-state index in [0.717, 1.165) is 16.1 Å². The van der Waals surface area contributed by atoms with Gasteiger partial charge in [-0.3, -0.25) is 4.79 Å². The van der Waals surface area contributed by atoms with Crippen LogP contribution in [0.3, 0.4) is 0 Å². The van der Waals surface area contributed by atoms with Crippen molar-refractivity contribution in [1.29, 1.82) is 0 Å². The van der Waals surface area contributed by atoms with Gasteiger partial charge in [-0.25, -0.2) is 0 Å². The van der Waals surface area contributed by atoms with Crippen molar-refractivity contribution >= 4 is 23.4 Å². The van der Waals surface area contributed by atoms with Crippen molar-refractivity contribution in [2.75, 3.05) is 11.1 Å². The van der Waals surface area contributed by atoms with Gasteiger partial charge in [-0.1, -0.05) is 29.8 Å². The van der Waals surface area contributed by atoms with Crippen molar-refractivity contribution in [3.05, 3.63) is 59.7 Å². The SMILES string of the molecule is Cc1ccc(NC(=O)CSc2ccc(CN)cc2)cc1. The second-order valence-electron chi connectivity index (χ2n) is 4.55. The molecule has 0 fully saturated rings. The minimum absolute atomic E-state index is 0.00162. The molecular formula is C16H18N2OS. The number of carbonyl (C=O) groups excluding carboxylic acids is 1. The molecule has 0 saturated heterocycles. The molecule has 0 aliphatic heterocycles. The lowest BCUT2D eigenvalue weighted by Gasteiger charge is -2.06. The highest BCUT2D eigenvalue weighted by molar-refractivity contribution is 8.00. The Kier molecular flexibility index (Phi) is 5.21. The van der Waals surface area contributed by atoms with E-state index >= 15 is 0 Å². The van der Waals surface area contributed by atoms with E-state index in [4.69, 9.17) is 5.73 Å². The fraction of sp³-hybridized carbons (Fsp3) is 0.188. The van der Waals surface area contributed by atoms with E-state index in [1.807, 2.05) is 55.5 Å². The average Bonchev–Trinajstić information content (AvgIpc) is 2.48. The fourth-order valence-corrected chi connectivity index (χ4v) is 2.40. The summed E-state index contributed by atoms with van der Waals surface area (Å²) in [6, 6.07) is 15.7. The quantitative estimate of drug-likeness (QED) is 0.830. The van der Waals surface area contributed by atoms with Crippen LogP contribution >= 0.6 is 11.8 Å². The predicted molar refractivity (Wildman–Crippen MR) is 84.9 cm³/mol. The second-order valence-corrected chi connectivity index (χ2v) is 5.60. The number of aryl methyl sites for hydroxylation is 1. The number of hydrogen-bond acceptors (Lipinski definition) is 3. The Morgan fingerprint density at radius 3 is 2.35 bits per heavy atom. The van der Waals surface area contributed by atoms with E-state index in [9.17, 15) is 4.79 Å². The van der Waals surface area contributed by atoms with Gasteiger partial charge in [0.25, 0.3) is 0 Å². The zero-order chi connectivity index (χ0) is 14.4. The van der Waals surface area contributed by atoms with E-state index in [1.165, 1.54) is 17.3 Å². The standard InChI is InChI=1S/C16H18N2OS/c1-12-2-6-14(7-3-12)18-16(19)11-20-15-8-4-13(10-17)5-9-15/h2-9H,10-11,17H2,1H3,(H,18,19). The molecule has 3 nitrogen and oxygen atoms in total. The van der Waals surface area contributed by atoms with Crippen LogP contribution in [0.1, 0.15) is 11.1 Å². The maximum Gasteiger partial charge on any atom is 0.234 e. The van der Waals surface area contributed by atoms with E-state index < -0.39 is 0 Å². The normalized spacial score (nSPS) is 10.3. The maximum atomic E-state index is 11.8. The predicted octanol–water partition coefficient (Wildman–Crippen LogP) is 3.18. The molecule has 4 heteroatoms. The molecule has 0 radical (unpaired) electrons. The number of benzene rings is 2. The van der Waals surface area contributed by atoms with Crippen LogP contribution in [0.5, 0.6) is 0 Å². The number of hydrogen-bond donors (Lipinski definition) is 2. The van der Waals surface area contributed by atoms with Crippen molar-refractivity contribution < 1.29 is 4.79 Å². The minimum atomic E-state index is 0.00162. The van der Waals surface area contributed by atoms with E-state index in [0.29, 0.717) is 12.3 Å². The molecule has 2 aromatic rings. The average molecular weight is 286 g/mol. The molecule has 0 aromatic heterocycles. The summed E-state index contributed by atoms with van der Waals surface area (Å²) in [4.78, 5) is 12.9. The van der Waals surface area contributed by atoms with Crippen LogP contribution in [0.4, 0.5) is 5.69 Å². The van der Waals surface area contributed by atoms with Crippen LogP contribution in [-0.2, 0) is 11.3 Å². The highest BCUT2D eigenvalue weighted by Gasteiger charge is 2.03. The number of carbonyl (C=O) groups is 1. The number of amides is 1. The lowest BCUT2D eigenvalue weighted by Crippen LogP contribution is -2.13. The van der Waals surface area contributed by atoms with E-state index in [2.05, 4.69) is 5.32 Å². The molecule has 0 aliphatic rings. The third-order valence-corrected chi connectivity index (χ3v) is 3.88. The van der Waals surface area contributed by atoms with Crippen molar-refractivity contribution in [2.45, 2.75) is 18.4 Å². The van der Waals surface area contributed by atoms with Gasteiger partial charge in [0.2, 0.25) is 5.91 Å². The number of nitrogens with one attached hydrogen (secondary N) is 1. The number of nitrogens with two attached hydrogens (primary N) is 1. The van der Waals surface area contributed by atoms with Crippen LogP contribution in [0, 0.1) is 6.92 Å². The molecule has 0 unspecified atom stereocenters. The second kappa shape index (κ2) is 7.12. The summed E-state index contributed by atoms with van der Waals surface area (Å²) in [6.45, 7) is 2.56. The van der Waals surface area contributed by atoms with E-state index in [-0.39, 0.29) is 5.91 Å². The topological polar surface area (TPSA) is 55.1 Å². The van der Waals surface area contributed by atoms with Crippen LogP contribution < -0.4 is 11.1 Å². The van der Waals surface area contributed by atoms with Gasteiger partial charge in [0, 0.05) is 17.1 Å². The summed E-state index contributed by atoms with van der Waals surface area (Å²) < 4.78 is 0. The molecule has 20 heavy (non-hydrogen) atoms. The zero-order valence-electron chi connectivity index (χ0n) is 11.4. The largest absolute Gasteiger partial charge is 0.326 e. The Bertz CT molecular complexity index is 564. The molecule has 0 spiro atoms. The van der Waals surface area contributed by atoms with Crippen LogP contribution in [0.2, 0.25) is 0 Å². The first-order valence-electron chi connectivity index (χ1n) is 6.46. The lowest BCUT2D eigenvalue weighted by atomic mass is 10.2. The molecule has 3 N–H and O–H groups in total. The monoisotopic (exact) mass is 286 g/mol. The van der Waals surface area contributed by atoms with Crippen LogP contribution in [0.25, 0.3) is 0 Å². The molecular weight excluding hydrogens is 268 g/mol. The van der Waals surface area contributed by atoms with Crippen molar-refractivity contribution in [2.24, 2.45) is 5.73 Å². The van der Waals surface area contributed by atoms with E-state index in [1.54, 1.807) is 0 Å². The van der Waals surface area contributed by atoms with Gasteiger partial charge in [0.15, 0.2) is 0 Å². The van der Waals surface area contributed by atoms with Gasteiger partial charge >= 0.3 is 0 Å². The molecule has 104 valence electrons. The molecule has 0 bridgehead atoms. The molecule has 0 heterocycles. The molecule has 0 aliphatic carbocycles. The first-order valence-corrected chi connectivity index (χ1v) is 7.44. The first kappa shape index (κ1) is 14.6. The van der Waals surface area contributed by atoms with Crippen molar-refractivity contribution in [3.63, 3.8) is 0 Å². The van der Waals surface area contributed by atoms with Gasteiger partial charge in [0.1, 0.15) is 0 Å². The lowest BCUT2D eigenvalue weighted by molar-refractivity contribution is -0.113. The molecule has 1 amide bonds. The smallest absolute Gasteiger partial charge is 0.234 e. The highest BCUT2D eigenvalue weighted by Crippen LogP contribution is 2.19. The Hall–Kier alpha value is -1.78. The Balaban J connectivity index is 1.83. The van der Waals surface area contributed by atoms with Gasteiger partial charge in [-0.2, -0.15) is 0 Å². The summed E-state index contributed by atoms with van der Waals surface area (Å²) in [5, 5.41) is 2.88. The number of thioether (sulfide) groups is 1. The molecule has 0 saturated carbocycles. The maximum absolute atomic E-state index is 11.8. The summed E-state index contributed by atoms with van der Waals surface area (Å²) in [5.74, 6) is 0.400. The summed E-state index contributed by atoms with van der Waals surface area (Å²) in [6.07, 6.45) is 0. The Morgan fingerprint density at radius 2 is 1.75 bits per heavy atom. The van der Waals surface area contributed by atoms with Gasteiger partial charge in [-0.15, -0.1) is 11.8 Å². The minimum Gasteiger partial charge on any atom is -0.326 e. The highest BCUT2D eigenvalue weighted by atomic mass is 32.2. The molecule has 2 aromatic carbocycles. The summed E-state index contributed by atoms with van der Waals surface area (Å²) in [5.41, 5.74) is 8.65. The van der Waals surface area contributed by atoms with Gasteiger partial charge < -0.3 is 11.1 Å². The third kappa shape index (κ3) is 4.40. The summed E-state index contributed by atoms with van der Waals surface area (Å²) in [7, 11) is 0. The third-order valence-electron chi connectivity index (χ3n) is 2.86. The molecule has 0 atom stereocenters. The Morgan fingerprint density at radius 1 is 1.10 bits per heavy atom. The van der Waals surface area contributed by atoms with Crippen LogP contribution in [0.15, 0.2) is 53.4 Å². The molecule has 2 rings (SSSR count). The zero-order valence-corrected chi connectivity index (χ0v) is 12.2.